The van der Waals surface area contributed by atoms with Gasteiger partial charge in [-0.1, -0.05) is 35.9 Å². The Morgan fingerprint density at radius 2 is 2.05 bits per heavy atom. The molecule has 100 valence electrons. The fourth-order valence-corrected chi connectivity index (χ4v) is 2.63. The molecule has 0 atom stereocenters. The summed E-state index contributed by atoms with van der Waals surface area (Å²) in [5.74, 6) is 0. The van der Waals surface area contributed by atoms with E-state index >= 15 is 0 Å². The zero-order chi connectivity index (χ0) is 13.9. The van der Waals surface area contributed by atoms with E-state index in [1.165, 1.54) is 16.5 Å². The quantitative estimate of drug-likeness (QED) is 0.776. The maximum Gasteiger partial charge on any atom is 0.0451 e. The molecule has 0 aliphatic heterocycles. The number of hydrogen-bond acceptors (Lipinski definition) is 2. The molecule has 1 aromatic heterocycles. The van der Waals surface area contributed by atoms with Gasteiger partial charge in [0.1, 0.15) is 0 Å². The van der Waals surface area contributed by atoms with Crippen LogP contribution in [0, 0.1) is 0 Å². The fourth-order valence-electron chi connectivity index (χ4n) is 2.44. The fraction of sp³-hybridized carbons (Fsp3) is 0.118. The molecule has 0 radical (unpaired) electrons. The summed E-state index contributed by atoms with van der Waals surface area (Å²) in [7, 11) is 1.92. The van der Waals surface area contributed by atoms with Crippen molar-refractivity contribution in [2.45, 2.75) is 6.54 Å². The SMILES string of the molecule is CNCc1cc(-c2cccc3cnccc23)ccc1Cl. The molecular weight excluding hydrogens is 268 g/mol. The van der Waals surface area contributed by atoms with Gasteiger partial charge in [-0.05, 0) is 47.3 Å². The van der Waals surface area contributed by atoms with Crippen LogP contribution in [0.5, 0.6) is 0 Å². The summed E-state index contributed by atoms with van der Waals surface area (Å²) >= 11 is 6.23. The molecule has 0 amide bonds. The summed E-state index contributed by atoms with van der Waals surface area (Å²) in [6, 6.07) is 14.5. The van der Waals surface area contributed by atoms with Crippen LogP contribution in [0.25, 0.3) is 21.9 Å². The van der Waals surface area contributed by atoms with Gasteiger partial charge >= 0.3 is 0 Å². The summed E-state index contributed by atoms with van der Waals surface area (Å²) in [6.07, 6.45) is 3.72. The lowest BCUT2D eigenvalue weighted by Crippen LogP contribution is -2.05. The maximum atomic E-state index is 6.23. The molecule has 0 saturated carbocycles. The van der Waals surface area contributed by atoms with Crippen molar-refractivity contribution in [3.63, 3.8) is 0 Å². The summed E-state index contributed by atoms with van der Waals surface area (Å²) < 4.78 is 0. The van der Waals surface area contributed by atoms with E-state index in [0.717, 1.165) is 22.5 Å². The van der Waals surface area contributed by atoms with Crippen molar-refractivity contribution in [3.8, 4) is 11.1 Å². The van der Waals surface area contributed by atoms with E-state index in [0.29, 0.717) is 0 Å². The third-order valence-corrected chi connectivity index (χ3v) is 3.77. The standard InChI is InChI=1S/C17H15ClN2/c1-19-10-14-9-12(5-6-17(14)18)15-4-2-3-13-11-20-8-7-16(13)15/h2-9,11,19H,10H2,1H3. The second kappa shape index (κ2) is 5.61. The second-order valence-corrected chi connectivity index (χ2v) is 5.15. The lowest BCUT2D eigenvalue weighted by atomic mass is 9.98. The molecular formula is C17H15ClN2. The minimum absolute atomic E-state index is 0.763. The van der Waals surface area contributed by atoms with Gasteiger partial charge in [0.05, 0.1) is 0 Å². The zero-order valence-corrected chi connectivity index (χ0v) is 12.0. The topological polar surface area (TPSA) is 24.9 Å². The number of benzene rings is 2. The van der Waals surface area contributed by atoms with E-state index in [-0.39, 0.29) is 0 Å². The first-order valence-electron chi connectivity index (χ1n) is 6.56. The van der Waals surface area contributed by atoms with E-state index in [1.807, 2.05) is 25.5 Å². The van der Waals surface area contributed by atoms with Gasteiger partial charge in [-0.15, -0.1) is 0 Å². The number of nitrogens with one attached hydrogen (secondary N) is 1. The number of aromatic nitrogens is 1. The van der Waals surface area contributed by atoms with E-state index in [9.17, 15) is 0 Å². The van der Waals surface area contributed by atoms with Gasteiger partial charge in [-0.3, -0.25) is 4.98 Å². The highest BCUT2D eigenvalue weighted by atomic mass is 35.5. The molecule has 0 unspecified atom stereocenters. The van der Waals surface area contributed by atoms with Crippen LogP contribution in [0.15, 0.2) is 54.9 Å². The predicted molar refractivity (Wildman–Crippen MR) is 85.0 cm³/mol. The molecule has 0 bridgehead atoms. The number of hydrogen-bond donors (Lipinski definition) is 1. The van der Waals surface area contributed by atoms with Crippen LogP contribution in [-0.2, 0) is 6.54 Å². The molecule has 0 fully saturated rings. The normalized spacial score (nSPS) is 10.9. The lowest BCUT2D eigenvalue weighted by Gasteiger charge is -2.10. The van der Waals surface area contributed by atoms with Crippen molar-refractivity contribution in [1.82, 2.24) is 10.3 Å². The molecule has 0 spiro atoms. The van der Waals surface area contributed by atoms with Crippen LogP contribution in [-0.4, -0.2) is 12.0 Å². The summed E-state index contributed by atoms with van der Waals surface area (Å²) in [4.78, 5) is 4.18. The Hall–Kier alpha value is -1.90. The molecule has 3 aromatic rings. The third kappa shape index (κ3) is 2.40. The van der Waals surface area contributed by atoms with Crippen LogP contribution >= 0.6 is 11.6 Å². The van der Waals surface area contributed by atoms with Gasteiger partial charge < -0.3 is 5.32 Å². The van der Waals surface area contributed by atoms with Gasteiger partial charge in [-0.25, -0.2) is 0 Å². The van der Waals surface area contributed by atoms with Crippen molar-refractivity contribution in [2.24, 2.45) is 0 Å². The Bertz CT molecular complexity index is 748. The van der Waals surface area contributed by atoms with Crippen LogP contribution in [0.4, 0.5) is 0 Å². The summed E-state index contributed by atoms with van der Waals surface area (Å²) in [5, 5.41) is 6.30. The van der Waals surface area contributed by atoms with Gasteiger partial charge in [-0.2, -0.15) is 0 Å². The van der Waals surface area contributed by atoms with Crippen LogP contribution in [0.2, 0.25) is 5.02 Å². The Labute approximate surface area is 123 Å². The van der Waals surface area contributed by atoms with Crippen molar-refractivity contribution in [1.29, 1.82) is 0 Å². The first-order valence-corrected chi connectivity index (χ1v) is 6.93. The molecule has 1 N–H and O–H groups in total. The third-order valence-electron chi connectivity index (χ3n) is 3.40. The van der Waals surface area contributed by atoms with Crippen molar-refractivity contribution < 1.29 is 0 Å². The Morgan fingerprint density at radius 3 is 2.90 bits per heavy atom. The van der Waals surface area contributed by atoms with Crippen molar-refractivity contribution in [3.05, 3.63) is 65.4 Å². The second-order valence-electron chi connectivity index (χ2n) is 4.74. The molecule has 20 heavy (non-hydrogen) atoms. The Kier molecular flexibility index (Phi) is 3.68. The van der Waals surface area contributed by atoms with E-state index < -0.39 is 0 Å². The van der Waals surface area contributed by atoms with E-state index in [2.05, 4.69) is 46.7 Å². The number of fused-ring (bicyclic) bond motifs is 1. The molecule has 0 aliphatic carbocycles. The van der Waals surface area contributed by atoms with Crippen LogP contribution in [0.3, 0.4) is 0 Å². The average molecular weight is 283 g/mol. The monoisotopic (exact) mass is 282 g/mol. The molecule has 2 aromatic carbocycles. The molecule has 3 heteroatoms. The molecule has 2 nitrogen and oxygen atoms in total. The molecule has 0 aliphatic rings. The first-order chi connectivity index (χ1) is 9.79. The van der Waals surface area contributed by atoms with Crippen molar-refractivity contribution >= 4 is 22.4 Å². The smallest absolute Gasteiger partial charge is 0.0451 e. The number of nitrogens with zero attached hydrogens (tertiary/aromatic N) is 1. The number of pyridine rings is 1. The Morgan fingerprint density at radius 1 is 1.15 bits per heavy atom. The van der Waals surface area contributed by atoms with Crippen molar-refractivity contribution in [2.75, 3.05) is 7.05 Å². The van der Waals surface area contributed by atoms with Gasteiger partial charge in [0.2, 0.25) is 0 Å². The highest BCUT2D eigenvalue weighted by Gasteiger charge is 2.06. The summed E-state index contributed by atoms with van der Waals surface area (Å²) in [6.45, 7) is 0.763. The van der Waals surface area contributed by atoms with Gasteiger partial charge in [0.15, 0.2) is 0 Å². The number of halogens is 1. The zero-order valence-electron chi connectivity index (χ0n) is 11.2. The minimum Gasteiger partial charge on any atom is -0.316 e. The van der Waals surface area contributed by atoms with E-state index in [4.69, 9.17) is 11.6 Å². The predicted octanol–water partition coefficient (Wildman–Crippen LogP) is 4.27. The number of rotatable bonds is 3. The summed E-state index contributed by atoms with van der Waals surface area (Å²) in [5.41, 5.74) is 3.49. The van der Waals surface area contributed by atoms with Gasteiger partial charge in [0.25, 0.3) is 0 Å². The maximum absolute atomic E-state index is 6.23. The van der Waals surface area contributed by atoms with E-state index in [1.54, 1.807) is 0 Å². The lowest BCUT2D eigenvalue weighted by molar-refractivity contribution is 0.818. The van der Waals surface area contributed by atoms with Gasteiger partial charge in [0, 0.05) is 29.3 Å². The Balaban J connectivity index is 2.18. The largest absolute Gasteiger partial charge is 0.316 e. The molecule has 3 rings (SSSR count). The van der Waals surface area contributed by atoms with Crippen LogP contribution in [0.1, 0.15) is 5.56 Å². The molecule has 1 heterocycles. The highest BCUT2D eigenvalue weighted by molar-refractivity contribution is 6.31. The minimum atomic E-state index is 0.763. The highest BCUT2D eigenvalue weighted by Crippen LogP contribution is 2.30. The average Bonchev–Trinajstić information content (AvgIpc) is 2.49. The first kappa shape index (κ1) is 13.1. The molecule has 0 saturated heterocycles. The van der Waals surface area contributed by atoms with Crippen LogP contribution < -0.4 is 5.32 Å².